The Labute approximate surface area is 183 Å². The number of rotatable bonds is 6. The molecule has 3 fully saturated rings. The first-order valence-corrected chi connectivity index (χ1v) is 12.0. The van der Waals surface area contributed by atoms with Crippen LogP contribution in [0.25, 0.3) is 5.65 Å². The summed E-state index contributed by atoms with van der Waals surface area (Å²) in [5.74, 6) is 0.670. The van der Waals surface area contributed by atoms with Crippen LogP contribution in [0.4, 0.5) is 0 Å². The average molecular weight is 424 g/mol. The summed E-state index contributed by atoms with van der Waals surface area (Å²) in [5.41, 5.74) is 4.87. The van der Waals surface area contributed by atoms with E-state index in [9.17, 15) is 9.59 Å². The molecule has 7 heteroatoms. The molecule has 2 amide bonds. The van der Waals surface area contributed by atoms with Crippen LogP contribution in [0.2, 0.25) is 0 Å². The number of nitrogens with one attached hydrogen (secondary N) is 1. The minimum absolute atomic E-state index is 0.0649. The van der Waals surface area contributed by atoms with Crippen LogP contribution in [0.3, 0.4) is 0 Å². The third-order valence-electron chi connectivity index (χ3n) is 7.31. The predicted octanol–water partition coefficient (Wildman–Crippen LogP) is 3.41. The molecule has 0 radical (unpaired) electrons. The summed E-state index contributed by atoms with van der Waals surface area (Å²) < 4.78 is 1.91. The van der Waals surface area contributed by atoms with Gasteiger partial charge in [-0.15, -0.1) is 0 Å². The monoisotopic (exact) mass is 423 g/mol. The molecule has 31 heavy (non-hydrogen) atoms. The number of amides is 2. The molecule has 7 nitrogen and oxygen atoms in total. The smallest absolute Gasteiger partial charge is 0.226 e. The highest BCUT2D eigenvalue weighted by Crippen LogP contribution is 2.38. The van der Waals surface area contributed by atoms with Gasteiger partial charge in [0, 0.05) is 42.4 Å². The second-order valence-corrected chi connectivity index (χ2v) is 9.61. The van der Waals surface area contributed by atoms with Gasteiger partial charge in [-0.2, -0.15) is 5.10 Å². The fourth-order valence-electron chi connectivity index (χ4n) is 5.38. The van der Waals surface area contributed by atoms with Gasteiger partial charge in [0.15, 0.2) is 5.65 Å². The molecule has 2 aliphatic carbocycles. The summed E-state index contributed by atoms with van der Waals surface area (Å²) in [6.07, 6.45) is 9.86. The number of likely N-dealkylation sites (tertiary alicyclic amines) is 1. The second-order valence-electron chi connectivity index (χ2n) is 9.61. The van der Waals surface area contributed by atoms with E-state index in [2.05, 4.69) is 12.2 Å². The van der Waals surface area contributed by atoms with Crippen molar-refractivity contribution in [3.8, 4) is 0 Å². The van der Waals surface area contributed by atoms with Crippen LogP contribution < -0.4 is 5.32 Å². The molecular formula is C24H33N5O2. The van der Waals surface area contributed by atoms with Crippen LogP contribution in [0.1, 0.15) is 86.5 Å². The lowest BCUT2D eigenvalue weighted by molar-refractivity contribution is -0.133. The molecule has 1 aliphatic heterocycles. The Morgan fingerprint density at radius 2 is 1.87 bits per heavy atom. The second kappa shape index (κ2) is 8.24. The van der Waals surface area contributed by atoms with Crippen molar-refractivity contribution in [2.45, 2.75) is 90.1 Å². The van der Waals surface area contributed by atoms with E-state index in [0.29, 0.717) is 24.8 Å². The molecule has 2 aromatic rings. The molecule has 5 rings (SSSR count). The maximum absolute atomic E-state index is 12.7. The van der Waals surface area contributed by atoms with E-state index in [4.69, 9.17) is 10.1 Å². The van der Waals surface area contributed by atoms with Gasteiger partial charge in [0.2, 0.25) is 11.8 Å². The SMILES string of the molecule is Cc1nc2cc(C3CCCN3C(=O)C3CC3)nn2c(C)c1CCC(=O)NC1CCCC1. The molecule has 0 spiro atoms. The van der Waals surface area contributed by atoms with Gasteiger partial charge >= 0.3 is 0 Å². The number of fused-ring (bicyclic) bond motifs is 1. The molecule has 1 saturated heterocycles. The van der Waals surface area contributed by atoms with Gasteiger partial charge in [0.05, 0.1) is 11.7 Å². The Morgan fingerprint density at radius 3 is 2.61 bits per heavy atom. The fourth-order valence-corrected chi connectivity index (χ4v) is 5.38. The van der Waals surface area contributed by atoms with Gasteiger partial charge in [0.25, 0.3) is 0 Å². The number of carbonyl (C=O) groups is 2. The van der Waals surface area contributed by atoms with Gasteiger partial charge < -0.3 is 10.2 Å². The van der Waals surface area contributed by atoms with Crippen molar-refractivity contribution in [2.75, 3.05) is 6.54 Å². The van der Waals surface area contributed by atoms with Crippen LogP contribution >= 0.6 is 0 Å². The first-order valence-electron chi connectivity index (χ1n) is 12.0. The number of carbonyl (C=O) groups excluding carboxylic acids is 2. The van der Waals surface area contributed by atoms with Crippen molar-refractivity contribution in [2.24, 2.45) is 5.92 Å². The van der Waals surface area contributed by atoms with E-state index in [-0.39, 0.29) is 17.9 Å². The molecule has 2 aromatic heterocycles. The lowest BCUT2D eigenvalue weighted by atomic mass is 10.1. The summed E-state index contributed by atoms with van der Waals surface area (Å²) in [4.78, 5) is 31.9. The van der Waals surface area contributed by atoms with Gasteiger partial charge in [-0.05, 0) is 64.4 Å². The summed E-state index contributed by atoms with van der Waals surface area (Å²) in [7, 11) is 0. The summed E-state index contributed by atoms with van der Waals surface area (Å²) in [6.45, 7) is 4.91. The highest BCUT2D eigenvalue weighted by molar-refractivity contribution is 5.81. The van der Waals surface area contributed by atoms with E-state index in [1.165, 1.54) is 12.8 Å². The highest BCUT2D eigenvalue weighted by Gasteiger charge is 2.39. The Hall–Kier alpha value is -2.44. The summed E-state index contributed by atoms with van der Waals surface area (Å²) in [6, 6.07) is 2.46. The van der Waals surface area contributed by atoms with Crippen molar-refractivity contribution in [1.82, 2.24) is 24.8 Å². The Kier molecular flexibility index (Phi) is 5.44. The Balaban J connectivity index is 1.34. The lowest BCUT2D eigenvalue weighted by Gasteiger charge is -2.23. The fraction of sp³-hybridized carbons (Fsp3) is 0.667. The van der Waals surface area contributed by atoms with E-state index in [1.54, 1.807) is 0 Å². The van der Waals surface area contributed by atoms with Crippen LogP contribution in [-0.2, 0) is 16.0 Å². The van der Waals surface area contributed by atoms with E-state index in [0.717, 1.165) is 73.4 Å². The standard InChI is InChI=1S/C24H33N5O2/c1-15-19(11-12-23(30)26-18-6-3-4-7-18)16(2)29-22(25-15)14-20(27-29)21-8-5-13-28(21)24(31)17-9-10-17/h14,17-18,21H,3-13H2,1-2H3,(H,26,30). The van der Waals surface area contributed by atoms with Crippen LogP contribution in [0.5, 0.6) is 0 Å². The minimum Gasteiger partial charge on any atom is -0.353 e. The Morgan fingerprint density at radius 1 is 1.10 bits per heavy atom. The van der Waals surface area contributed by atoms with Crippen molar-refractivity contribution < 1.29 is 9.59 Å². The molecule has 1 atom stereocenters. The largest absolute Gasteiger partial charge is 0.353 e. The minimum atomic E-state index is 0.0649. The normalized spacial score (nSPS) is 21.9. The van der Waals surface area contributed by atoms with Crippen molar-refractivity contribution >= 4 is 17.5 Å². The van der Waals surface area contributed by atoms with E-state index >= 15 is 0 Å². The Bertz CT molecular complexity index is 1000. The molecule has 166 valence electrons. The van der Waals surface area contributed by atoms with Crippen LogP contribution in [0, 0.1) is 19.8 Å². The highest BCUT2D eigenvalue weighted by atomic mass is 16.2. The first-order chi connectivity index (χ1) is 15.0. The number of nitrogens with zero attached hydrogens (tertiary/aromatic N) is 4. The maximum atomic E-state index is 12.7. The zero-order valence-corrected chi connectivity index (χ0v) is 18.7. The van der Waals surface area contributed by atoms with Crippen molar-refractivity contribution in [1.29, 1.82) is 0 Å². The lowest BCUT2D eigenvalue weighted by Crippen LogP contribution is -2.32. The van der Waals surface area contributed by atoms with Gasteiger partial charge in [-0.3, -0.25) is 9.59 Å². The topological polar surface area (TPSA) is 79.6 Å². The predicted molar refractivity (Wildman–Crippen MR) is 118 cm³/mol. The van der Waals surface area contributed by atoms with E-state index in [1.807, 2.05) is 22.4 Å². The molecule has 3 aliphatic rings. The van der Waals surface area contributed by atoms with Crippen LogP contribution in [0.15, 0.2) is 6.07 Å². The molecular weight excluding hydrogens is 390 g/mol. The quantitative estimate of drug-likeness (QED) is 0.772. The third kappa shape index (κ3) is 4.06. The number of aromatic nitrogens is 3. The van der Waals surface area contributed by atoms with Crippen molar-refractivity contribution in [3.05, 3.63) is 28.7 Å². The maximum Gasteiger partial charge on any atom is 0.226 e. The molecule has 0 aromatic carbocycles. The first kappa shape index (κ1) is 20.5. The van der Waals surface area contributed by atoms with Gasteiger partial charge in [-0.1, -0.05) is 12.8 Å². The summed E-state index contributed by atoms with van der Waals surface area (Å²) >= 11 is 0. The zero-order chi connectivity index (χ0) is 21.5. The summed E-state index contributed by atoms with van der Waals surface area (Å²) in [5, 5.41) is 8.06. The number of hydrogen-bond acceptors (Lipinski definition) is 4. The third-order valence-corrected chi connectivity index (χ3v) is 7.31. The average Bonchev–Trinajstić information content (AvgIpc) is 3.12. The zero-order valence-electron chi connectivity index (χ0n) is 18.7. The molecule has 2 saturated carbocycles. The van der Waals surface area contributed by atoms with Gasteiger partial charge in [-0.25, -0.2) is 9.50 Å². The molecule has 1 N–H and O–H groups in total. The number of hydrogen-bond donors (Lipinski definition) is 1. The van der Waals surface area contributed by atoms with Crippen LogP contribution in [-0.4, -0.2) is 43.9 Å². The van der Waals surface area contributed by atoms with Crippen molar-refractivity contribution in [3.63, 3.8) is 0 Å². The molecule has 0 bridgehead atoms. The number of aryl methyl sites for hydroxylation is 2. The molecule has 1 unspecified atom stereocenters. The van der Waals surface area contributed by atoms with Gasteiger partial charge in [0.1, 0.15) is 0 Å². The molecule has 3 heterocycles. The van der Waals surface area contributed by atoms with E-state index < -0.39 is 0 Å².